The van der Waals surface area contributed by atoms with Crippen molar-refractivity contribution >= 4 is 19.9 Å². The van der Waals surface area contributed by atoms with E-state index in [0.29, 0.717) is 18.9 Å². The maximum absolute atomic E-state index is 13.0. The minimum atomic E-state index is -1.78. The van der Waals surface area contributed by atoms with Gasteiger partial charge in [-0.1, -0.05) is 26.3 Å². The van der Waals surface area contributed by atoms with Crippen LogP contribution in [0.1, 0.15) is 65.7 Å². The second-order valence-corrected chi connectivity index (χ2v) is 14.5. The molecule has 4 heteroatoms. The Kier molecular flexibility index (Phi) is 5.15. The summed E-state index contributed by atoms with van der Waals surface area (Å²) >= 11 is 0. The Morgan fingerprint density at radius 3 is 2.48 bits per heavy atom. The van der Waals surface area contributed by atoms with E-state index in [-0.39, 0.29) is 28.4 Å². The number of rotatable bonds is 4. The molecule has 3 nitrogen and oxygen atoms in total. The van der Waals surface area contributed by atoms with Crippen molar-refractivity contribution in [3.05, 3.63) is 11.1 Å². The first-order valence-electron chi connectivity index (χ1n) is 10.1. The van der Waals surface area contributed by atoms with Crippen molar-refractivity contribution in [1.82, 2.24) is 0 Å². The van der Waals surface area contributed by atoms with Gasteiger partial charge in [0.25, 0.3) is 0 Å². The Bertz CT molecular complexity index is 597. The lowest BCUT2D eigenvalue weighted by Crippen LogP contribution is -2.43. The third kappa shape index (κ3) is 3.44. The summed E-state index contributed by atoms with van der Waals surface area (Å²) < 4.78 is 6.38. The Morgan fingerprint density at radius 2 is 1.80 bits per heavy atom. The molecule has 0 saturated heterocycles. The van der Waals surface area contributed by atoms with E-state index >= 15 is 0 Å². The van der Waals surface area contributed by atoms with Crippen LogP contribution in [0.5, 0.6) is 0 Å². The number of carbonyl (C=O) groups excluding carboxylic acids is 2. The van der Waals surface area contributed by atoms with Crippen molar-refractivity contribution < 1.29 is 14.0 Å². The summed E-state index contributed by atoms with van der Waals surface area (Å²) in [6, 6.07) is 0. The van der Waals surface area contributed by atoms with Gasteiger partial charge in [-0.05, 0) is 74.1 Å². The topological polar surface area (TPSA) is 43.4 Å². The van der Waals surface area contributed by atoms with E-state index in [0.717, 1.165) is 37.7 Å². The summed E-state index contributed by atoms with van der Waals surface area (Å²) in [4.78, 5) is 25.7. The zero-order chi connectivity index (χ0) is 18.4. The van der Waals surface area contributed by atoms with Crippen LogP contribution < -0.4 is 0 Å². The van der Waals surface area contributed by atoms with Crippen LogP contribution in [-0.4, -0.2) is 26.5 Å². The molecule has 3 atom stereocenters. The van der Waals surface area contributed by atoms with Crippen LogP contribution in [-0.2, 0) is 14.0 Å². The summed E-state index contributed by atoms with van der Waals surface area (Å²) in [6.07, 6.45) is 6.54. The Morgan fingerprint density at radius 1 is 1.08 bits per heavy atom. The molecule has 0 aromatic heterocycles. The SMILES string of the molecule is CC(C)(C)[Si](C)(C)OCC[C@@H]1[C@@H]2C(=O)CCCC(=C3CCC[C@H]31)C2=O. The van der Waals surface area contributed by atoms with Gasteiger partial charge in [-0.15, -0.1) is 0 Å². The summed E-state index contributed by atoms with van der Waals surface area (Å²) in [5, 5.41) is 0.194. The smallest absolute Gasteiger partial charge is 0.191 e. The molecular weight excluding hydrogens is 328 g/mol. The first kappa shape index (κ1) is 19.0. The molecule has 3 aliphatic carbocycles. The molecule has 0 aromatic rings. The van der Waals surface area contributed by atoms with E-state index in [9.17, 15) is 9.59 Å². The fraction of sp³-hybridized carbons (Fsp3) is 0.810. The molecule has 0 N–H and O–H groups in total. The van der Waals surface area contributed by atoms with Crippen LogP contribution >= 0.6 is 0 Å². The van der Waals surface area contributed by atoms with Gasteiger partial charge in [-0.25, -0.2) is 0 Å². The molecular formula is C21H34O3Si. The van der Waals surface area contributed by atoms with Crippen molar-refractivity contribution in [3.63, 3.8) is 0 Å². The predicted molar refractivity (Wildman–Crippen MR) is 103 cm³/mol. The number of hydrogen-bond donors (Lipinski definition) is 0. The summed E-state index contributed by atoms with van der Waals surface area (Å²) in [6.45, 7) is 12.0. The molecule has 140 valence electrons. The van der Waals surface area contributed by atoms with Crippen molar-refractivity contribution in [2.45, 2.75) is 83.8 Å². The molecule has 0 aromatic carbocycles. The largest absolute Gasteiger partial charge is 0.417 e. The molecule has 0 heterocycles. The zero-order valence-corrected chi connectivity index (χ0v) is 17.6. The van der Waals surface area contributed by atoms with E-state index < -0.39 is 8.32 Å². The van der Waals surface area contributed by atoms with Crippen LogP contribution in [0.2, 0.25) is 18.1 Å². The Labute approximate surface area is 153 Å². The average Bonchev–Trinajstić information content (AvgIpc) is 2.93. The van der Waals surface area contributed by atoms with Gasteiger partial charge in [0.05, 0.1) is 5.92 Å². The first-order chi connectivity index (χ1) is 11.6. The second-order valence-electron chi connectivity index (χ2n) is 9.73. The number of ketones is 2. The van der Waals surface area contributed by atoms with Gasteiger partial charge in [0.15, 0.2) is 14.1 Å². The molecule has 0 amide bonds. The fourth-order valence-electron chi connectivity index (χ4n) is 4.79. The number of carbonyl (C=O) groups is 2. The molecule has 0 spiro atoms. The Balaban J connectivity index is 1.78. The highest BCUT2D eigenvalue weighted by Gasteiger charge is 2.48. The number of hydrogen-bond acceptors (Lipinski definition) is 3. The maximum Gasteiger partial charge on any atom is 0.191 e. The lowest BCUT2D eigenvalue weighted by Gasteiger charge is -2.39. The van der Waals surface area contributed by atoms with Gasteiger partial charge in [-0.3, -0.25) is 9.59 Å². The highest BCUT2D eigenvalue weighted by molar-refractivity contribution is 6.74. The highest BCUT2D eigenvalue weighted by Crippen LogP contribution is 2.50. The molecule has 2 bridgehead atoms. The van der Waals surface area contributed by atoms with E-state index in [1.807, 2.05) is 0 Å². The maximum atomic E-state index is 13.0. The molecule has 25 heavy (non-hydrogen) atoms. The lowest BCUT2D eigenvalue weighted by atomic mass is 9.67. The van der Waals surface area contributed by atoms with E-state index in [4.69, 9.17) is 4.43 Å². The van der Waals surface area contributed by atoms with Crippen LogP contribution in [0.3, 0.4) is 0 Å². The standard InChI is InChI=1S/C21H34O3Si/c1-21(2,3)25(4,5)24-13-12-16-14-8-6-9-15(14)17-10-7-11-18(22)19(16)20(17)23/h14,16,19H,6-13H2,1-5H3/t14-,16+,19-/m1/s1. The van der Waals surface area contributed by atoms with Gasteiger partial charge >= 0.3 is 0 Å². The van der Waals surface area contributed by atoms with Crippen molar-refractivity contribution in [3.8, 4) is 0 Å². The van der Waals surface area contributed by atoms with E-state index in [1.54, 1.807) is 0 Å². The van der Waals surface area contributed by atoms with E-state index in [1.165, 1.54) is 12.0 Å². The van der Waals surface area contributed by atoms with Gasteiger partial charge in [0, 0.05) is 13.0 Å². The molecule has 3 aliphatic rings. The van der Waals surface area contributed by atoms with Crippen molar-refractivity contribution in [2.24, 2.45) is 17.8 Å². The van der Waals surface area contributed by atoms with Crippen LogP contribution in [0.4, 0.5) is 0 Å². The molecule has 2 saturated carbocycles. The Hall–Kier alpha value is -0.743. The average molecular weight is 363 g/mol. The van der Waals surface area contributed by atoms with Crippen LogP contribution in [0, 0.1) is 17.8 Å². The van der Waals surface area contributed by atoms with Crippen LogP contribution in [0.15, 0.2) is 11.1 Å². The highest BCUT2D eigenvalue weighted by atomic mass is 28.4. The molecule has 0 aliphatic heterocycles. The molecule has 0 radical (unpaired) electrons. The second kappa shape index (κ2) is 6.77. The van der Waals surface area contributed by atoms with E-state index in [2.05, 4.69) is 33.9 Å². The van der Waals surface area contributed by atoms with Gasteiger partial charge < -0.3 is 4.43 Å². The minimum Gasteiger partial charge on any atom is -0.417 e. The minimum absolute atomic E-state index is 0.174. The first-order valence-corrected chi connectivity index (χ1v) is 13.0. The van der Waals surface area contributed by atoms with Gasteiger partial charge in [-0.2, -0.15) is 0 Å². The zero-order valence-electron chi connectivity index (χ0n) is 16.6. The lowest BCUT2D eigenvalue weighted by molar-refractivity contribution is -0.134. The predicted octanol–water partition coefficient (Wildman–Crippen LogP) is 5.06. The number of fused-ring (bicyclic) bond motifs is 3. The summed E-state index contributed by atoms with van der Waals surface area (Å²) in [7, 11) is -1.78. The van der Waals surface area contributed by atoms with Gasteiger partial charge in [0.2, 0.25) is 0 Å². The normalized spacial score (nSPS) is 30.5. The third-order valence-electron chi connectivity index (χ3n) is 7.24. The third-order valence-corrected chi connectivity index (χ3v) is 11.8. The molecule has 3 rings (SSSR count). The molecule has 0 unspecified atom stereocenters. The fourth-order valence-corrected chi connectivity index (χ4v) is 5.85. The molecule has 2 fully saturated rings. The monoisotopic (exact) mass is 362 g/mol. The van der Waals surface area contributed by atoms with Crippen LogP contribution in [0.25, 0.3) is 0 Å². The van der Waals surface area contributed by atoms with Gasteiger partial charge in [0.1, 0.15) is 5.78 Å². The van der Waals surface area contributed by atoms with Crippen molar-refractivity contribution in [1.29, 1.82) is 0 Å². The number of Topliss-reactive ketones (excluding diaryl/α,β-unsaturated/α-hetero) is 2. The summed E-state index contributed by atoms with van der Waals surface area (Å²) in [5.41, 5.74) is 2.45. The number of allylic oxidation sites excluding steroid dienone is 2. The summed E-state index contributed by atoms with van der Waals surface area (Å²) in [5.74, 6) is 0.649. The van der Waals surface area contributed by atoms with Crippen molar-refractivity contribution in [2.75, 3.05) is 6.61 Å². The quantitative estimate of drug-likeness (QED) is 0.518.